The minimum atomic E-state index is -0.958. The second-order valence-corrected chi connectivity index (χ2v) is 6.78. The van der Waals surface area contributed by atoms with Crippen LogP contribution in [0.15, 0.2) is 42.5 Å². The van der Waals surface area contributed by atoms with Crippen LogP contribution in [0.1, 0.15) is 24.0 Å². The van der Waals surface area contributed by atoms with E-state index in [9.17, 15) is 9.59 Å². The first-order valence-corrected chi connectivity index (χ1v) is 8.62. The minimum absolute atomic E-state index is 0.216. The second kappa shape index (κ2) is 6.37. The third-order valence-electron chi connectivity index (χ3n) is 4.79. The van der Waals surface area contributed by atoms with Gasteiger partial charge in [0.1, 0.15) is 5.41 Å². The summed E-state index contributed by atoms with van der Waals surface area (Å²) in [7, 11) is 0. The van der Waals surface area contributed by atoms with Gasteiger partial charge in [0.2, 0.25) is 18.6 Å². The fourth-order valence-electron chi connectivity index (χ4n) is 3.06. The zero-order valence-corrected chi connectivity index (χ0v) is 14.5. The van der Waals surface area contributed by atoms with E-state index in [-0.39, 0.29) is 18.6 Å². The van der Waals surface area contributed by atoms with Crippen LogP contribution in [0.25, 0.3) is 0 Å². The van der Waals surface area contributed by atoms with Crippen LogP contribution >= 0.6 is 0 Å². The quantitative estimate of drug-likeness (QED) is 0.811. The van der Waals surface area contributed by atoms with Crippen LogP contribution in [0, 0.1) is 12.3 Å². The van der Waals surface area contributed by atoms with E-state index in [0.29, 0.717) is 36.6 Å². The third kappa shape index (κ3) is 3.10. The predicted molar refractivity (Wildman–Crippen MR) is 95.9 cm³/mol. The van der Waals surface area contributed by atoms with Gasteiger partial charge in [-0.15, -0.1) is 0 Å². The third-order valence-corrected chi connectivity index (χ3v) is 4.79. The van der Waals surface area contributed by atoms with Crippen molar-refractivity contribution in [2.24, 2.45) is 5.41 Å². The molecule has 2 aromatic carbocycles. The molecule has 6 heteroatoms. The van der Waals surface area contributed by atoms with Crippen LogP contribution in [0.3, 0.4) is 0 Å². The summed E-state index contributed by atoms with van der Waals surface area (Å²) in [4.78, 5) is 25.2. The molecule has 0 spiro atoms. The van der Waals surface area contributed by atoms with Gasteiger partial charge in [-0.3, -0.25) is 9.59 Å². The van der Waals surface area contributed by atoms with Crippen molar-refractivity contribution in [2.75, 3.05) is 12.1 Å². The topological polar surface area (TPSA) is 76.7 Å². The molecule has 1 fully saturated rings. The molecule has 0 atom stereocenters. The number of anilines is 1. The number of amides is 2. The van der Waals surface area contributed by atoms with Crippen LogP contribution in [0.4, 0.5) is 5.69 Å². The van der Waals surface area contributed by atoms with Crippen molar-refractivity contribution in [1.82, 2.24) is 5.32 Å². The van der Waals surface area contributed by atoms with Crippen molar-refractivity contribution in [3.63, 3.8) is 0 Å². The van der Waals surface area contributed by atoms with Crippen molar-refractivity contribution in [1.29, 1.82) is 0 Å². The van der Waals surface area contributed by atoms with E-state index in [1.165, 1.54) is 0 Å². The lowest BCUT2D eigenvalue weighted by Crippen LogP contribution is -2.39. The molecule has 26 heavy (non-hydrogen) atoms. The highest BCUT2D eigenvalue weighted by Crippen LogP contribution is 2.47. The lowest BCUT2D eigenvalue weighted by atomic mass is 10.0. The summed E-state index contributed by atoms with van der Waals surface area (Å²) >= 11 is 0. The first kappa shape index (κ1) is 16.4. The maximum Gasteiger partial charge on any atom is 0.240 e. The Hall–Kier alpha value is -3.02. The van der Waals surface area contributed by atoms with Gasteiger partial charge in [0.25, 0.3) is 0 Å². The summed E-state index contributed by atoms with van der Waals surface area (Å²) in [6.07, 6.45) is 1.13. The van der Waals surface area contributed by atoms with Gasteiger partial charge in [0, 0.05) is 12.2 Å². The predicted octanol–water partition coefficient (Wildman–Crippen LogP) is 2.76. The molecule has 2 aromatic rings. The van der Waals surface area contributed by atoms with E-state index in [0.717, 1.165) is 11.1 Å². The number of hydrogen-bond donors (Lipinski definition) is 2. The maximum absolute atomic E-state index is 12.6. The summed E-state index contributed by atoms with van der Waals surface area (Å²) < 4.78 is 10.6. The fraction of sp³-hybridized carbons (Fsp3) is 0.300. The highest BCUT2D eigenvalue weighted by Gasteiger charge is 2.56. The number of nitrogens with one attached hydrogen (secondary N) is 2. The van der Waals surface area contributed by atoms with Gasteiger partial charge >= 0.3 is 0 Å². The minimum Gasteiger partial charge on any atom is -0.454 e. The summed E-state index contributed by atoms with van der Waals surface area (Å²) in [5.74, 6) is 0.901. The molecule has 0 bridgehead atoms. The molecule has 2 N–H and O–H groups in total. The van der Waals surface area contributed by atoms with Crippen molar-refractivity contribution < 1.29 is 19.1 Å². The molecule has 2 amide bonds. The Kier molecular flexibility index (Phi) is 4.03. The molecule has 1 saturated carbocycles. The first-order chi connectivity index (χ1) is 12.6. The molecule has 2 aliphatic rings. The Balaban J connectivity index is 1.38. The van der Waals surface area contributed by atoms with Crippen molar-refractivity contribution in [3.8, 4) is 11.5 Å². The molecule has 1 aliphatic carbocycles. The SMILES string of the molecule is Cc1cccc(NC(=O)C2(C(=O)NCc3ccc4c(c3)OCO4)CC2)c1. The highest BCUT2D eigenvalue weighted by atomic mass is 16.7. The van der Waals surface area contributed by atoms with Crippen molar-refractivity contribution in [2.45, 2.75) is 26.3 Å². The van der Waals surface area contributed by atoms with Crippen LogP contribution < -0.4 is 20.1 Å². The number of hydrogen-bond acceptors (Lipinski definition) is 4. The molecular weight excluding hydrogens is 332 g/mol. The van der Waals surface area contributed by atoms with Crippen LogP contribution in [-0.2, 0) is 16.1 Å². The average molecular weight is 352 g/mol. The van der Waals surface area contributed by atoms with E-state index >= 15 is 0 Å². The second-order valence-electron chi connectivity index (χ2n) is 6.78. The molecule has 0 saturated heterocycles. The Morgan fingerprint density at radius 2 is 1.85 bits per heavy atom. The van der Waals surface area contributed by atoms with Crippen molar-refractivity contribution >= 4 is 17.5 Å². The van der Waals surface area contributed by atoms with Gasteiger partial charge in [-0.05, 0) is 55.2 Å². The van der Waals surface area contributed by atoms with Gasteiger partial charge < -0.3 is 20.1 Å². The smallest absolute Gasteiger partial charge is 0.240 e. The normalized spacial score (nSPS) is 16.0. The Morgan fingerprint density at radius 3 is 2.62 bits per heavy atom. The van der Waals surface area contributed by atoms with Crippen LogP contribution in [0.5, 0.6) is 11.5 Å². The zero-order valence-electron chi connectivity index (χ0n) is 14.5. The molecule has 1 aliphatic heterocycles. The standard InChI is InChI=1S/C20H20N2O4/c1-13-3-2-4-15(9-13)22-19(24)20(7-8-20)18(23)21-11-14-5-6-16-17(10-14)26-12-25-16/h2-6,9-10H,7-8,11-12H2,1H3,(H,21,23)(H,22,24). The van der Waals surface area contributed by atoms with Crippen molar-refractivity contribution in [3.05, 3.63) is 53.6 Å². The van der Waals surface area contributed by atoms with Gasteiger partial charge in [-0.25, -0.2) is 0 Å². The molecule has 4 rings (SSSR count). The van der Waals surface area contributed by atoms with E-state index in [1.807, 2.05) is 49.4 Å². The molecule has 0 aromatic heterocycles. The van der Waals surface area contributed by atoms with Crippen LogP contribution in [-0.4, -0.2) is 18.6 Å². The first-order valence-electron chi connectivity index (χ1n) is 8.62. The monoisotopic (exact) mass is 352 g/mol. The van der Waals surface area contributed by atoms with E-state index < -0.39 is 5.41 Å². The fourth-order valence-corrected chi connectivity index (χ4v) is 3.06. The number of aryl methyl sites for hydroxylation is 1. The Labute approximate surface area is 151 Å². The summed E-state index contributed by atoms with van der Waals surface area (Å²) in [6.45, 7) is 2.52. The molecule has 134 valence electrons. The average Bonchev–Trinajstić information content (AvgIpc) is 3.31. The summed E-state index contributed by atoms with van der Waals surface area (Å²) in [6, 6.07) is 13.1. The molecule has 0 radical (unpaired) electrons. The Morgan fingerprint density at radius 1 is 1.04 bits per heavy atom. The van der Waals surface area contributed by atoms with Gasteiger partial charge in [0.05, 0.1) is 0 Å². The number of fused-ring (bicyclic) bond motifs is 1. The van der Waals surface area contributed by atoms with E-state index in [2.05, 4.69) is 10.6 Å². The number of carbonyl (C=O) groups is 2. The number of carbonyl (C=O) groups excluding carboxylic acids is 2. The van der Waals surface area contributed by atoms with E-state index in [1.54, 1.807) is 0 Å². The largest absolute Gasteiger partial charge is 0.454 e. The number of rotatable bonds is 5. The molecule has 0 unspecified atom stereocenters. The van der Waals surface area contributed by atoms with E-state index in [4.69, 9.17) is 9.47 Å². The van der Waals surface area contributed by atoms with Crippen LogP contribution in [0.2, 0.25) is 0 Å². The molecular formula is C20H20N2O4. The van der Waals surface area contributed by atoms with Gasteiger partial charge in [0.15, 0.2) is 11.5 Å². The maximum atomic E-state index is 12.6. The number of ether oxygens (including phenoxy) is 2. The summed E-state index contributed by atoms with van der Waals surface area (Å²) in [5, 5.41) is 5.74. The van der Waals surface area contributed by atoms with Gasteiger partial charge in [-0.2, -0.15) is 0 Å². The zero-order chi connectivity index (χ0) is 18.1. The van der Waals surface area contributed by atoms with Gasteiger partial charge in [-0.1, -0.05) is 18.2 Å². The Bertz CT molecular complexity index is 874. The molecule has 6 nitrogen and oxygen atoms in total. The highest BCUT2D eigenvalue weighted by molar-refractivity contribution is 6.13. The number of benzene rings is 2. The lowest BCUT2D eigenvalue weighted by molar-refractivity contribution is -0.134. The summed E-state index contributed by atoms with van der Waals surface area (Å²) in [5.41, 5.74) is 1.71. The lowest BCUT2D eigenvalue weighted by Gasteiger charge is -2.16. The molecule has 1 heterocycles.